The summed E-state index contributed by atoms with van der Waals surface area (Å²) in [6.45, 7) is 4.75. The molecule has 0 saturated carbocycles. The van der Waals surface area contributed by atoms with E-state index < -0.39 is 11.9 Å². The number of benzene rings is 3. The van der Waals surface area contributed by atoms with Crippen molar-refractivity contribution in [3.8, 4) is 0 Å². The molecule has 0 aliphatic rings. The predicted molar refractivity (Wildman–Crippen MR) is 137 cm³/mol. The Hall–Kier alpha value is -4.00. The minimum absolute atomic E-state index is 0.144. The van der Waals surface area contributed by atoms with Crippen LogP contribution in [0.4, 0.5) is 14.9 Å². The van der Waals surface area contributed by atoms with Crippen molar-refractivity contribution in [1.29, 1.82) is 0 Å². The van der Waals surface area contributed by atoms with Crippen LogP contribution in [0.1, 0.15) is 44.1 Å². The molecule has 1 atom stereocenters. The van der Waals surface area contributed by atoms with Gasteiger partial charge in [0.2, 0.25) is 0 Å². The van der Waals surface area contributed by atoms with E-state index in [2.05, 4.69) is 5.32 Å². The number of hydrogen-bond acceptors (Lipinski definition) is 3. The summed E-state index contributed by atoms with van der Waals surface area (Å²) in [7, 11) is 0. The molecule has 0 radical (unpaired) electrons. The summed E-state index contributed by atoms with van der Waals surface area (Å²) in [6.07, 6.45) is 1.26. The molecule has 0 fully saturated rings. The topological polar surface area (TPSA) is 67.2 Å². The number of rotatable bonds is 8. The van der Waals surface area contributed by atoms with Crippen LogP contribution >= 0.6 is 0 Å². The van der Waals surface area contributed by atoms with E-state index in [0.717, 1.165) is 5.56 Å². The Balaban J connectivity index is 1.80. The number of aromatic nitrogens is 2. The van der Waals surface area contributed by atoms with Crippen molar-refractivity contribution < 1.29 is 9.18 Å². The fraction of sp³-hybridized carbons (Fsp3) is 0.250. The van der Waals surface area contributed by atoms with Crippen LogP contribution in [-0.4, -0.2) is 27.0 Å². The van der Waals surface area contributed by atoms with Gasteiger partial charge in [-0.15, -0.1) is 0 Å². The minimum atomic E-state index is -0.454. The Labute approximate surface area is 204 Å². The number of amides is 2. The van der Waals surface area contributed by atoms with Crippen molar-refractivity contribution in [2.75, 3.05) is 11.9 Å². The van der Waals surface area contributed by atoms with E-state index >= 15 is 0 Å². The lowest BCUT2D eigenvalue weighted by Crippen LogP contribution is -2.41. The lowest BCUT2D eigenvalue weighted by atomic mass is 10.1. The van der Waals surface area contributed by atoms with Gasteiger partial charge in [0.05, 0.1) is 23.5 Å². The molecule has 4 aromatic rings. The Kier molecular flexibility index (Phi) is 7.55. The number of nitrogens with one attached hydrogen (secondary N) is 1. The molecule has 0 spiro atoms. The maximum absolute atomic E-state index is 13.7. The summed E-state index contributed by atoms with van der Waals surface area (Å²) in [5, 5.41) is 3.34. The lowest BCUT2D eigenvalue weighted by Gasteiger charge is -2.32. The van der Waals surface area contributed by atoms with Crippen molar-refractivity contribution in [3.63, 3.8) is 0 Å². The van der Waals surface area contributed by atoms with E-state index in [0.29, 0.717) is 48.3 Å². The average Bonchev–Trinajstić information content (AvgIpc) is 2.86. The minimum Gasteiger partial charge on any atom is -0.314 e. The molecule has 6 nitrogen and oxygen atoms in total. The molecule has 0 aliphatic heterocycles. The average molecular weight is 473 g/mol. The molecule has 1 heterocycles. The van der Waals surface area contributed by atoms with E-state index in [1.54, 1.807) is 27.7 Å². The second-order valence-corrected chi connectivity index (χ2v) is 8.42. The molecule has 35 heavy (non-hydrogen) atoms. The highest BCUT2D eigenvalue weighted by molar-refractivity contribution is 5.89. The number of hydrogen-bond donors (Lipinski definition) is 1. The molecule has 1 aromatic heterocycles. The summed E-state index contributed by atoms with van der Waals surface area (Å²) in [5.74, 6) is 0.104. The Morgan fingerprint density at radius 1 is 1.03 bits per heavy atom. The third-order valence-corrected chi connectivity index (χ3v) is 5.94. The van der Waals surface area contributed by atoms with Crippen molar-refractivity contribution in [2.24, 2.45) is 0 Å². The highest BCUT2D eigenvalue weighted by Crippen LogP contribution is 2.26. The molecule has 0 aliphatic carbocycles. The van der Waals surface area contributed by atoms with Gasteiger partial charge in [0.1, 0.15) is 11.6 Å². The van der Waals surface area contributed by atoms with Gasteiger partial charge in [-0.1, -0.05) is 62.4 Å². The van der Waals surface area contributed by atoms with Crippen LogP contribution in [0.25, 0.3) is 10.9 Å². The maximum atomic E-state index is 13.7. The second-order valence-electron chi connectivity index (χ2n) is 8.42. The van der Waals surface area contributed by atoms with Crippen LogP contribution in [0, 0.1) is 5.82 Å². The lowest BCUT2D eigenvalue weighted by molar-refractivity contribution is 0.180. The predicted octanol–water partition coefficient (Wildman–Crippen LogP) is 5.98. The molecule has 2 amide bonds. The number of nitrogens with zero attached hydrogens (tertiary/aromatic N) is 3. The molecule has 1 unspecified atom stereocenters. The van der Waals surface area contributed by atoms with Crippen LogP contribution in [0.2, 0.25) is 0 Å². The number of fused-ring (bicyclic) bond motifs is 1. The largest absolute Gasteiger partial charge is 0.322 e. The Morgan fingerprint density at radius 2 is 1.77 bits per heavy atom. The van der Waals surface area contributed by atoms with Gasteiger partial charge in [0.25, 0.3) is 5.56 Å². The molecule has 7 heteroatoms. The van der Waals surface area contributed by atoms with E-state index in [1.165, 1.54) is 12.1 Å². The quantitative estimate of drug-likeness (QED) is 0.343. The standard InChI is InChI=1S/C28H29FN4O2/c1-3-17-32(28(35)30-22-14-10-13-21(29)18-22)25(4-2)26-31-24-16-9-8-15-23(24)27(34)33(26)19-20-11-6-5-7-12-20/h5-16,18,25H,3-4,17,19H2,1-2H3,(H,30,35). The van der Waals surface area contributed by atoms with Crippen LogP contribution in [0.5, 0.6) is 0 Å². The number of anilines is 1. The third-order valence-electron chi connectivity index (χ3n) is 5.94. The van der Waals surface area contributed by atoms with Gasteiger partial charge in [-0.25, -0.2) is 14.2 Å². The number of halogens is 1. The maximum Gasteiger partial charge on any atom is 0.322 e. The molecule has 3 aromatic carbocycles. The van der Waals surface area contributed by atoms with Gasteiger partial charge in [-0.3, -0.25) is 9.36 Å². The highest BCUT2D eigenvalue weighted by atomic mass is 19.1. The SMILES string of the molecule is CCCN(C(=O)Nc1cccc(F)c1)C(CC)c1nc2ccccc2c(=O)n1Cc1ccccc1. The summed E-state index contributed by atoms with van der Waals surface area (Å²) in [4.78, 5) is 33.6. The number of para-hydroxylation sites is 1. The Morgan fingerprint density at radius 3 is 2.49 bits per heavy atom. The van der Waals surface area contributed by atoms with Crippen molar-refractivity contribution in [2.45, 2.75) is 39.3 Å². The first-order valence-corrected chi connectivity index (χ1v) is 11.9. The molecule has 1 N–H and O–H groups in total. The molecule has 180 valence electrons. The fourth-order valence-electron chi connectivity index (χ4n) is 4.30. The smallest absolute Gasteiger partial charge is 0.314 e. The third kappa shape index (κ3) is 5.40. The van der Waals surface area contributed by atoms with Gasteiger partial charge in [-0.2, -0.15) is 0 Å². The zero-order valence-corrected chi connectivity index (χ0v) is 19.9. The molecular formula is C28H29FN4O2. The molecule has 4 rings (SSSR count). The van der Waals surface area contributed by atoms with Crippen LogP contribution in [0.15, 0.2) is 83.7 Å². The second kappa shape index (κ2) is 11.0. The van der Waals surface area contributed by atoms with Gasteiger partial charge >= 0.3 is 6.03 Å². The fourth-order valence-corrected chi connectivity index (χ4v) is 4.30. The zero-order valence-electron chi connectivity index (χ0n) is 19.9. The zero-order chi connectivity index (χ0) is 24.8. The number of carbonyl (C=O) groups is 1. The number of carbonyl (C=O) groups excluding carboxylic acids is 1. The summed E-state index contributed by atoms with van der Waals surface area (Å²) >= 11 is 0. The van der Waals surface area contributed by atoms with Gasteiger partial charge in [0, 0.05) is 12.2 Å². The van der Waals surface area contributed by atoms with Crippen molar-refractivity contribution in [1.82, 2.24) is 14.5 Å². The van der Waals surface area contributed by atoms with Gasteiger partial charge < -0.3 is 10.2 Å². The van der Waals surface area contributed by atoms with Gasteiger partial charge in [0.15, 0.2) is 0 Å². The first kappa shape index (κ1) is 24.1. The number of urea groups is 1. The highest BCUT2D eigenvalue weighted by Gasteiger charge is 2.28. The normalized spacial score (nSPS) is 11.9. The first-order chi connectivity index (χ1) is 17.0. The van der Waals surface area contributed by atoms with E-state index in [-0.39, 0.29) is 11.6 Å². The van der Waals surface area contributed by atoms with Crippen molar-refractivity contribution >= 4 is 22.6 Å². The van der Waals surface area contributed by atoms with Crippen LogP contribution in [-0.2, 0) is 6.54 Å². The van der Waals surface area contributed by atoms with Crippen molar-refractivity contribution in [3.05, 3.63) is 106 Å². The summed E-state index contributed by atoms with van der Waals surface area (Å²) < 4.78 is 15.4. The summed E-state index contributed by atoms with van der Waals surface area (Å²) in [6, 6.07) is 22.0. The molecular weight excluding hydrogens is 443 g/mol. The summed E-state index contributed by atoms with van der Waals surface area (Å²) in [5.41, 5.74) is 1.79. The van der Waals surface area contributed by atoms with Gasteiger partial charge in [-0.05, 0) is 48.7 Å². The van der Waals surface area contributed by atoms with E-state index in [1.807, 2.05) is 62.4 Å². The molecule has 0 bridgehead atoms. The van der Waals surface area contributed by atoms with Crippen LogP contribution < -0.4 is 10.9 Å². The van der Waals surface area contributed by atoms with Crippen LogP contribution in [0.3, 0.4) is 0 Å². The first-order valence-electron chi connectivity index (χ1n) is 11.9. The van der Waals surface area contributed by atoms with E-state index in [4.69, 9.17) is 4.98 Å². The van der Waals surface area contributed by atoms with E-state index in [9.17, 15) is 14.0 Å². The Bertz CT molecular complexity index is 1370. The molecule has 0 saturated heterocycles. The monoisotopic (exact) mass is 472 g/mol.